The highest BCUT2D eigenvalue weighted by Gasteiger charge is 2.02. The van der Waals surface area contributed by atoms with E-state index in [9.17, 15) is 4.79 Å². The van der Waals surface area contributed by atoms with Crippen molar-refractivity contribution in [3.63, 3.8) is 0 Å². The summed E-state index contributed by atoms with van der Waals surface area (Å²) in [7, 11) is 0. The predicted octanol–water partition coefficient (Wildman–Crippen LogP) is 2.53. The molecule has 2 aromatic rings. The summed E-state index contributed by atoms with van der Waals surface area (Å²) < 4.78 is 5.26. The van der Waals surface area contributed by atoms with Crippen molar-refractivity contribution >= 4 is 22.9 Å². The summed E-state index contributed by atoms with van der Waals surface area (Å²) in [5.74, 6) is 0.152. The number of primary amides is 1. The van der Waals surface area contributed by atoms with E-state index in [0.717, 1.165) is 12.2 Å². The third-order valence-corrected chi connectivity index (χ3v) is 3.66. The zero-order valence-corrected chi connectivity index (χ0v) is 11.5. The Balaban J connectivity index is 1.95. The molecule has 1 aromatic carbocycles. The molecule has 5 heteroatoms. The van der Waals surface area contributed by atoms with E-state index in [1.807, 2.05) is 18.2 Å². The number of anilines is 1. The fourth-order valence-corrected chi connectivity index (χ4v) is 2.46. The van der Waals surface area contributed by atoms with Gasteiger partial charge in [0.25, 0.3) is 5.91 Å². The second-order valence-corrected chi connectivity index (χ2v) is 5.16. The smallest absolute Gasteiger partial charge is 0.255 e. The van der Waals surface area contributed by atoms with Crippen LogP contribution in [0, 0.1) is 6.92 Å². The van der Waals surface area contributed by atoms with Crippen LogP contribution in [0.15, 0.2) is 35.7 Å². The number of thiophene rings is 1. The molecule has 0 bridgehead atoms. The first-order valence-corrected chi connectivity index (χ1v) is 6.81. The van der Waals surface area contributed by atoms with Crippen LogP contribution >= 0.6 is 11.3 Å². The molecule has 2 rings (SSSR count). The average Bonchev–Trinajstić information content (AvgIpc) is 2.80. The van der Waals surface area contributed by atoms with Gasteiger partial charge >= 0.3 is 0 Å². The molecule has 0 aliphatic rings. The van der Waals surface area contributed by atoms with Gasteiger partial charge in [-0.05, 0) is 36.1 Å². The van der Waals surface area contributed by atoms with E-state index in [1.54, 1.807) is 17.4 Å². The molecule has 1 heterocycles. The topological polar surface area (TPSA) is 64.3 Å². The predicted molar refractivity (Wildman–Crippen MR) is 77.5 cm³/mol. The molecule has 0 saturated carbocycles. The van der Waals surface area contributed by atoms with Gasteiger partial charge in [-0.3, -0.25) is 4.79 Å². The van der Waals surface area contributed by atoms with Crippen LogP contribution in [0.3, 0.4) is 0 Å². The fourth-order valence-electron chi connectivity index (χ4n) is 1.62. The summed E-state index contributed by atoms with van der Waals surface area (Å²) in [5, 5.41) is 5.41. The van der Waals surface area contributed by atoms with Crippen LogP contribution in [0.1, 0.15) is 10.4 Å². The molecular weight excluding hydrogens is 260 g/mol. The molecule has 0 aliphatic carbocycles. The molecule has 19 heavy (non-hydrogen) atoms. The van der Waals surface area contributed by atoms with Gasteiger partial charge in [0.2, 0.25) is 0 Å². The maximum absolute atomic E-state index is 10.7. The minimum atomic E-state index is -0.479. The number of rotatable bonds is 6. The first-order chi connectivity index (χ1) is 9.15. The lowest BCUT2D eigenvalue weighted by molar-refractivity contribution is -0.119. The monoisotopic (exact) mass is 276 g/mol. The fraction of sp³-hybridized carbons (Fsp3) is 0.214. The Morgan fingerprint density at radius 1 is 1.42 bits per heavy atom. The molecule has 0 atom stereocenters. The van der Waals surface area contributed by atoms with Crippen LogP contribution in [-0.4, -0.2) is 12.5 Å². The maximum atomic E-state index is 10.7. The maximum Gasteiger partial charge on any atom is 0.255 e. The molecule has 0 unspecified atom stereocenters. The number of hydrogen-bond donors (Lipinski definition) is 2. The highest BCUT2D eigenvalue weighted by Crippen LogP contribution is 2.20. The average molecular weight is 276 g/mol. The molecule has 4 nitrogen and oxygen atoms in total. The number of carbonyl (C=O) groups is 1. The highest BCUT2D eigenvalue weighted by atomic mass is 32.1. The number of nitrogens with two attached hydrogens (primary N) is 1. The van der Waals surface area contributed by atoms with E-state index in [1.165, 1.54) is 10.4 Å². The highest BCUT2D eigenvalue weighted by molar-refractivity contribution is 7.10. The summed E-state index contributed by atoms with van der Waals surface area (Å²) in [6.45, 7) is 2.77. The Hall–Kier alpha value is -2.01. The largest absolute Gasteiger partial charge is 0.484 e. The third-order valence-electron chi connectivity index (χ3n) is 2.64. The Bertz CT molecular complexity index is 566. The standard InChI is InChI=1S/C14H16N2O2S/c1-10-5-6-19-13(10)8-16-11-3-2-4-12(7-11)18-9-14(15)17/h2-7,16H,8-9H2,1H3,(H2,15,17). The van der Waals surface area contributed by atoms with Crippen molar-refractivity contribution in [3.8, 4) is 5.75 Å². The first-order valence-electron chi connectivity index (χ1n) is 5.93. The van der Waals surface area contributed by atoms with E-state index in [-0.39, 0.29) is 6.61 Å². The van der Waals surface area contributed by atoms with Gasteiger partial charge < -0.3 is 15.8 Å². The Morgan fingerprint density at radius 3 is 2.95 bits per heavy atom. The van der Waals surface area contributed by atoms with Crippen LogP contribution in [-0.2, 0) is 11.3 Å². The van der Waals surface area contributed by atoms with Crippen molar-refractivity contribution in [2.75, 3.05) is 11.9 Å². The van der Waals surface area contributed by atoms with Gasteiger partial charge in [-0.15, -0.1) is 11.3 Å². The zero-order valence-electron chi connectivity index (χ0n) is 10.7. The van der Waals surface area contributed by atoms with Crippen molar-refractivity contribution in [2.45, 2.75) is 13.5 Å². The van der Waals surface area contributed by atoms with E-state index in [0.29, 0.717) is 5.75 Å². The molecule has 1 amide bonds. The molecule has 0 radical (unpaired) electrons. The second-order valence-electron chi connectivity index (χ2n) is 4.16. The van der Waals surface area contributed by atoms with Crippen LogP contribution in [0.5, 0.6) is 5.75 Å². The van der Waals surface area contributed by atoms with Gasteiger partial charge in [0.05, 0.1) is 0 Å². The summed E-state index contributed by atoms with van der Waals surface area (Å²) >= 11 is 1.73. The van der Waals surface area contributed by atoms with E-state index in [2.05, 4.69) is 23.7 Å². The van der Waals surface area contributed by atoms with Crippen LogP contribution < -0.4 is 15.8 Å². The molecule has 0 fully saturated rings. The normalized spacial score (nSPS) is 10.2. The van der Waals surface area contributed by atoms with Crippen molar-refractivity contribution in [2.24, 2.45) is 5.73 Å². The molecular formula is C14H16N2O2S. The molecule has 0 saturated heterocycles. The molecule has 0 spiro atoms. The lowest BCUT2D eigenvalue weighted by Gasteiger charge is -2.08. The van der Waals surface area contributed by atoms with Crippen LogP contribution in [0.4, 0.5) is 5.69 Å². The van der Waals surface area contributed by atoms with E-state index >= 15 is 0 Å². The number of ether oxygens (including phenoxy) is 1. The SMILES string of the molecule is Cc1ccsc1CNc1cccc(OCC(N)=O)c1. The lowest BCUT2D eigenvalue weighted by atomic mass is 10.2. The van der Waals surface area contributed by atoms with E-state index in [4.69, 9.17) is 10.5 Å². The molecule has 100 valence electrons. The summed E-state index contributed by atoms with van der Waals surface area (Å²) in [4.78, 5) is 12.0. The Labute approximate surface area is 116 Å². The van der Waals surface area contributed by atoms with E-state index < -0.39 is 5.91 Å². The van der Waals surface area contributed by atoms with Gasteiger partial charge in [0.15, 0.2) is 6.61 Å². The van der Waals surface area contributed by atoms with Crippen molar-refractivity contribution in [1.82, 2.24) is 0 Å². The lowest BCUT2D eigenvalue weighted by Crippen LogP contribution is -2.20. The second kappa shape index (κ2) is 6.24. The molecule has 1 aromatic heterocycles. The minimum Gasteiger partial charge on any atom is -0.484 e. The van der Waals surface area contributed by atoms with Gasteiger partial charge in [0, 0.05) is 23.2 Å². The number of aryl methyl sites for hydroxylation is 1. The Morgan fingerprint density at radius 2 is 2.26 bits per heavy atom. The number of hydrogen-bond acceptors (Lipinski definition) is 4. The minimum absolute atomic E-state index is 0.104. The Kier molecular flexibility index (Phi) is 4.41. The first kappa shape index (κ1) is 13.4. The van der Waals surface area contributed by atoms with Crippen LogP contribution in [0.2, 0.25) is 0 Å². The van der Waals surface area contributed by atoms with Crippen molar-refractivity contribution in [1.29, 1.82) is 0 Å². The van der Waals surface area contributed by atoms with Gasteiger partial charge in [-0.1, -0.05) is 6.07 Å². The van der Waals surface area contributed by atoms with Crippen LogP contribution in [0.25, 0.3) is 0 Å². The van der Waals surface area contributed by atoms with Gasteiger partial charge in [-0.25, -0.2) is 0 Å². The number of benzene rings is 1. The quantitative estimate of drug-likeness (QED) is 0.852. The number of nitrogens with one attached hydrogen (secondary N) is 1. The zero-order chi connectivity index (χ0) is 13.7. The summed E-state index contributed by atoms with van der Waals surface area (Å²) in [5.41, 5.74) is 7.28. The number of amides is 1. The summed E-state index contributed by atoms with van der Waals surface area (Å²) in [6.07, 6.45) is 0. The third kappa shape index (κ3) is 3.99. The number of carbonyl (C=O) groups excluding carboxylic acids is 1. The molecule has 3 N–H and O–H groups in total. The van der Waals surface area contributed by atoms with Gasteiger partial charge in [-0.2, -0.15) is 0 Å². The summed E-state index contributed by atoms with van der Waals surface area (Å²) in [6, 6.07) is 9.59. The van der Waals surface area contributed by atoms with Gasteiger partial charge in [0.1, 0.15) is 5.75 Å². The molecule has 0 aliphatic heterocycles. The van der Waals surface area contributed by atoms with Crippen molar-refractivity contribution in [3.05, 3.63) is 46.2 Å². The van der Waals surface area contributed by atoms with Crippen molar-refractivity contribution < 1.29 is 9.53 Å².